The first-order chi connectivity index (χ1) is 9.13. The summed E-state index contributed by atoms with van der Waals surface area (Å²) in [5.41, 5.74) is 0. The summed E-state index contributed by atoms with van der Waals surface area (Å²) in [7, 11) is 0. The van der Waals surface area contributed by atoms with Crippen molar-refractivity contribution >= 4 is 6.03 Å². The molecule has 0 aromatic heterocycles. The molecule has 0 atom stereocenters. The Morgan fingerprint density at radius 2 is 0.800 bits per heavy atom. The summed E-state index contributed by atoms with van der Waals surface area (Å²) in [5, 5.41) is 0. The molecule has 0 aliphatic heterocycles. The van der Waals surface area contributed by atoms with Crippen LogP contribution in [0, 0.1) is 23.7 Å². The Morgan fingerprint density at radius 1 is 0.600 bits per heavy atom. The molecule has 0 unspecified atom stereocenters. The van der Waals surface area contributed by atoms with Crippen LogP contribution in [-0.2, 0) is 0 Å². The van der Waals surface area contributed by atoms with E-state index in [-0.39, 0.29) is 6.03 Å². The van der Waals surface area contributed by atoms with Gasteiger partial charge in [-0.2, -0.15) is 0 Å². The van der Waals surface area contributed by atoms with Crippen LogP contribution < -0.4 is 0 Å². The lowest BCUT2D eigenvalue weighted by atomic mass is 10.1. The van der Waals surface area contributed by atoms with Gasteiger partial charge in [-0.15, -0.1) is 0 Å². The Balaban J connectivity index is 4.91. The van der Waals surface area contributed by atoms with Crippen LogP contribution in [0.2, 0.25) is 0 Å². The van der Waals surface area contributed by atoms with E-state index in [1.807, 2.05) is 9.80 Å². The highest BCUT2D eigenvalue weighted by atomic mass is 16.2. The van der Waals surface area contributed by atoms with Crippen molar-refractivity contribution in [3.8, 4) is 0 Å². The van der Waals surface area contributed by atoms with Crippen molar-refractivity contribution in [1.82, 2.24) is 9.80 Å². The van der Waals surface area contributed by atoms with Crippen LogP contribution in [0.1, 0.15) is 55.4 Å². The summed E-state index contributed by atoms with van der Waals surface area (Å²) in [6, 6.07) is 0.217. The van der Waals surface area contributed by atoms with E-state index in [9.17, 15) is 4.79 Å². The van der Waals surface area contributed by atoms with Crippen LogP contribution in [0.5, 0.6) is 0 Å². The van der Waals surface area contributed by atoms with Crippen molar-refractivity contribution in [3.05, 3.63) is 0 Å². The molecule has 0 bridgehead atoms. The molecule has 0 saturated heterocycles. The Morgan fingerprint density at radius 3 is 0.950 bits per heavy atom. The number of amides is 2. The number of carbonyl (C=O) groups is 1. The Hall–Kier alpha value is -0.730. The average molecular weight is 284 g/mol. The third-order valence-corrected chi connectivity index (χ3v) is 2.88. The fourth-order valence-electron chi connectivity index (χ4n) is 2.42. The van der Waals surface area contributed by atoms with Crippen molar-refractivity contribution in [2.75, 3.05) is 26.2 Å². The number of urea groups is 1. The monoisotopic (exact) mass is 284 g/mol. The molecule has 0 spiro atoms. The maximum Gasteiger partial charge on any atom is 0.320 e. The lowest BCUT2D eigenvalue weighted by Crippen LogP contribution is -2.48. The summed E-state index contributed by atoms with van der Waals surface area (Å²) >= 11 is 0. The highest BCUT2D eigenvalue weighted by Crippen LogP contribution is 2.11. The van der Waals surface area contributed by atoms with Crippen LogP contribution in [0.3, 0.4) is 0 Å². The number of hydrogen-bond acceptors (Lipinski definition) is 1. The zero-order valence-electron chi connectivity index (χ0n) is 14.9. The first kappa shape index (κ1) is 19.3. The molecule has 0 fully saturated rings. The summed E-state index contributed by atoms with van der Waals surface area (Å²) in [6.45, 7) is 20.8. The molecular weight excluding hydrogens is 248 g/mol. The highest BCUT2D eigenvalue weighted by molar-refractivity contribution is 5.74. The molecule has 3 heteroatoms. The minimum absolute atomic E-state index is 0.217. The van der Waals surface area contributed by atoms with Gasteiger partial charge in [0.05, 0.1) is 0 Å². The normalized spacial score (nSPS) is 11.8. The van der Waals surface area contributed by atoms with E-state index in [0.717, 1.165) is 26.2 Å². The second-order valence-corrected chi connectivity index (χ2v) is 7.67. The second-order valence-electron chi connectivity index (χ2n) is 7.67. The molecule has 0 aliphatic rings. The molecule has 2 amide bonds. The number of hydrogen-bond donors (Lipinski definition) is 0. The first-order valence-corrected chi connectivity index (χ1v) is 8.17. The topological polar surface area (TPSA) is 23.6 Å². The first-order valence-electron chi connectivity index (χ1n) is 8.17. The van der Waals surface area contributed by atoms with E-state index in [1.54, 1.807) is 0 Å². The molecule has 0 rings (SSSR count). The van der Waals surface area contributed by atoms with Gasteiger partial charge in [0.15, 0.2) is 0 Å². The van der Waals surface area contributed by atoms with E-state index >= 15 is 0 Å². The van der Waals surface area contributed by atoms with Gasteiger partial charge in [0.1, 0.15) is 0 Å². The summed E-state index contributed by atoms with van der Waals surface area (Å²) in [4.78, 5) is 16.9. The zero-order valence-corrected chi connectivity index (χ0v) is 14.9. The summed E-state index contributed by atoms with van der Waals surface area (Å²) < 4.78 is 0. The Bertz CT molecular complexity index is 226. The van der Waals surface area contributed by atoms with Gasteiger partial charge in [-0.05, 0) is 23.7 Å². The van der Waals surface area contributed by atoms with Crippen molar-refractivity contribution in [2.45, 2.75) is 55.4 Å². The van der Waals surface area contributed by atoms with Crippen LogP contribution >= 0.6 is 0 Å². The van der Waals surface area contributed by atoms with E-state index in [0.29, 0.717) is 23.7 Å². The van der Waals surface area contributed by atoms with E-state index < -0.39 is 0 Å². The molecule has 3 nitrogen and oxygen atoms in total. The third-order valence-electron chi connectivity index (χ3n) is 2.88. The molecule has 0 N–H and O–H groups in total. The highest BCUT2D eigenvalue weighted by Gasteiger charge is 2.23. The van der Waals surface area contributed by atoms with Gasteiger partial charge in [-0.1, -0.05) is 55.4 Å². The predicted molar refractivity (Wildman–Crippen MR) is 87.9 cm³/mol. The van der Waals surface area contributed by atoms with Gasteiger partial charge in [-0.3, -0.25) is 0 Å². The molecule has 0 aromatic carbocycles. The molecule has 20 heavy (non-hydrogen) atoms. The molecule has 0 aromatic rings. The lowest BCUT2D eigenvalue weighted by molar-refractivity contribution is 0.130. The van der Waals surface area contributed by atoms with E-state index in [2.05, 4.69) is 55.4 Å². The molecule has 120 valence electrons. The third kappa shape index (κ3) is 8.44. The second kappa shape index (κ2) is 9.25. The largest absolute Gasteiger partial charge is 0.324 e. The maximum atomic E-state index is 12.8. The number of nitrogens with zero attached hydrogens (tertiary/aromatic N) is 2. The van der Waals surface area contributed by atoms with Crippen LogP contribution in [0.4, 0.5) is 4.79 Å². The smallest absolute Gasteiger partial charge is 0.320 e. The average Bonchev–Trinajstić information content (AvgIpc) is 2.23. The zero-order chi connectivity index (χ0) is 15.9. The van der Waals surface area contributed by atoms with E-state index in [1.165, 1.54) is 0 Å². The maximum absolute atomic E-state index is 12.8. The molecular formula is C17H36N2O. The van der Waals surface area contributed by atoms with Gasteiger partial charge in [-0.25, -0.2) is 4.79 Å². The molecule has 0 heterocycles. The van der Waals surface area contributed by atoms with Crippen molar-refractivity contribution in [1.29, 1.82) is 0 Å². The summed E-state index contributed by atoms with van der Waals surface area (Å²) in [5.74, 6) is 2.05. The number of carbonyl (C=O) groups excluding carboxylic acids is 1. The van der Waals surface area contributed by atoms with Crippen LogP contribution in [-0.4, -0.2) is 42.0 Å². The standard InChI is InChI=1S/C17H36N2O/c1-13(2)9-18(10-14(3)4)17(20)19(11-15(5)6)12-16(7)8/h13-16H,9-12H2,1-8H3. The van der Waals surface area contributed by atoms with Crippen molar-refractivity contribution < 1.29 is 4.79 Å². The number of rotatable bonds is 8. The molecule has 0 aliphatic carbocycles. The predicted octanol–water partition coefficient (Wildman–Crippen LogP) is 4.33. The fourth-order valence-corrected chi connectivity index (χ4v) is 2.42. The fraction of sp³-hybridized carbons (Fsp3) is 0.941. The Labute approximate surface area is 126 Å². The van der Waals surface area contributed by atoms with Gasteiger partial charge >= 0.3 is 6.03 Å². The minimum Gasteiger partial charge on any atom is -0.324 e. The molecule has 0 radical (unpaired) electrons. The Kier molecular flexibility index (Phi) is 8.91. The molecule has 0 saturated carbocycles. The van der Waals surface area contributed by atoms with Crippen molar-refractivity contribution in [2.24, 2.45) is 23.7 Å². The van der Waals surface area contributed by atoms with Gasteiger partial charge < -0.3 is 9.80 Å². The lowest BCUT2D eigenvalue weighted by Gasteiger charge is -2.34. The van der Waals surface area contributed by atoms with E-state index in [4.69, 9.17) is 0 Å². The van der Waals surface area contributed by atoms with Gasteiger partial charge in [0.25, 0.3) is 0 Å². The quantitative estimate of drug-likeness (QED) is 0.650. The van der Waals surface area contributed by atoms with Gasteiger partial charge in [0.2, 0.25) is 0 Å². The summed E-state index contributed by atoms with van der Waals surface area (Å²) in [6.07, 6.45) is 0. The SMILES string of the molecule is CC(C)CN(CC(C)C)C(=O)N(CC(C)C)CC(C)C. The van der Waals surface area contributed by atoms with Crippen LogP contribution in [0.15, 0.2) is 0 Å². The van der Waals surface area contributed by atoms with Crippen molar-refractivity contribution in [3.63, 3.8) is 0 Å². The van der Waals surface area contributed by atoms with Gasteiger partial charge in [0, 0.05) is 26.2 Å². The van der Waals surface area contributed by atoms with Crippen LogP contribution in [0.25, 0.3) is 0 Å². The minimum atomic E-state index is 0.217.